The molecule has 1 aliphatic rings. The molecule has 106 valence electrons. The molecule has 0 aliphatic carbocycles. The Hall–Kier alpha value is -1.13. The van der Waals surface area contributed by atoms with Crippen LogP contribution in [0.4, 0.5) is 10.1 Å². The Kier molecular flexibility index (Phi) is 4.77. The Labute approximate surface area is 114 Å². The van der Waals surface area contributed by atoms with Crippen LogP contribution in [0.15, 0.2) is 18.2 Å². The van der Waals surface area contributed by atoms with Crippen molar-refractivity contribution in [1.29, 1.82) is 0 Å². The molecule has 2 rings (SSSR count). The number of hydrogen-bond acceptors (Lipinski definition) is 3. The highest BCUT2D eigenvalue weighted by Gasteiger charge is 2.23. The van der Waals surface area contributed by atoms with E-state index in [-0.39, 0.29) is 11.9 Å². The fourth-order valence-electron chi connectivity index (χ4n) is 2.79. The Balaban J connectivity index is 2.15. The van der Waals surface area contributed by atoms with E-state index >= 15 is 0 Å². The van der Waals surface area contributed by atoms with Crippen molar-refractivity contribution in [2.75, 3.05) is 31.7 Å². The van der Waals surface area contributed by atoms with Crippen LogP contribution in [0.1, 0.15) is 31.4 Å². The standard InChI is InChI=1S/C15H23FN2O/c1-11(17)13-4-3-5-14(16)15(13)18-8-6-12(7-9-18)10-19-2/h3-5,11-12H,6-10,17H2,1-2H3. The van der Waals surface area contributed by atoms with Gasteiger partial charge in [0.2, 0.25) is 0 Å². The summed E-state index contributed by atoms with van der Waals surface area (Å²) in [6, 6.07) is 5.02. The second-order valence-corrected chi connectivity index (χ2v) is 5.35. The van der Waals surface area contributed by atoms with Gasteiger partial charge in [0, 0.05) is 32.8 Å². The predicted octanol–water partition coefficient (Wildman–Crippen LogP) is 2.71. The minimum absolute atomic E-state index is 0.151. The van der Waals surface area contributed by atoms with Gasteiger partial charge in [-0.25, -0.2) is 4.39 Å². The highest BCUT2D eigenvalue weighted by molar-refractivity contribution is 5.56. The van der Waals surface area contributed by atoms with E-state index in [2.05, 4.69) is 4.90 Å². The quantitative estimate of drug-likeness (QED) is 0.910. The fraction of sp³-hybridized carbons (Fsp3) is 0.600. The molecule has 1 atom stereocenters. The number of piperidine rings is 1. The first kappa shape index (κ1) is 14.3. The van der Waals surface area contributed by atoms with Crippen molar-refractivity contribution in [3.8, 4) is 0 Å². The van der Waals surface area contributed by atoms with E-state index < -0.39 is 0 Å². The number of methoxy groups -OCH3 is 1. The van der Waals surface area contributed by atoms with Crippen LogP contribution in [0.5, 0.6) is 0 Å². The van der Waals surface area contributed by atoms with E-state index in [1.165, 1.54) is 6.07 Å². The van der Waals surface area contributed by atoms with E-state index in [9.17, 15) is 4.39 Å². The third-order valence-electron chi connectivity index (χ3n) is 3.84. The van der Waals surface area contributed by atoms with Crippen molar-refractivity contribution >= 4 is 5.69 Å². The summed E-state index contributed by atoms with van der Waals surface area (Å²) >= 11 is 0. The van der Waals surface area contributed by atoms with E-state index in [0.717, 1.165) is 38.1 Å². The first-order valence-corrected chi connectivity index (χ1v) is 6.91. The average Bonchev–Trinajstić information content (AvgIpc) is 2.40. The normalized spacial score (nSPS) is 18.6. The predicted molar refractivity (Wildman–Crippen MR) is 75.8 cm³/mol. The lowest BCUT2D eigenvalue weighted by Crippen LogP contribution is -2.36. The van der Waals surface area contributed by atoms with Crippen molar-refractivity contribution in [1.82, 2.24) is 0 Å². The molecular weight excluding hydrogens is 243 g/mol. The van der Waals surface area contributed by atoms with E-state index in [0.29, 0.717) is 11.6 Å². The number of anilines is 1. The molecule has 0 amide bonds. The minimum atomic E-state index is -0.167. The summed E-state index contributed by atoms with van der Waals surface area (Å²) in [5.41, 5.74) is 7.53. The molecule has 0 saturated carbocycles. The zero-order valence-corrected chi connectivity index (χ0v) is 11.7. The molecule has 1 aromatic carbocycles. The number of rotatable bonds is 4. The van der Waals surface area contributed by atoms with Crippen LogP contribution in [0, 0.1) is 11.7 Å². The maximum atomic E-state index is 14.1. The van der Waals surface area contributed by atoms with Gasteiger partial charge in [-0.2, -0.15) is 0 Å². The summed E-state index contributed by atoms with van der Waals surface area (Å²) in [4.78, 5) is 2.13. The van der Waals surface area contributed by atoms with Crippen molar-refractivity contribution in [3.63, 3.8) is 0 Å². The number of benzene rings is 1. The molecular formula is C15H23FN2O. The Morgan fingerprint density at radius 1 is 1.42 bits per heavy atom. The number of halogens is 1. The van der Waals surface area contributed by atoms with Crippen LogP contribution in [0.2, 0.25) is 0 Å². The van der Waals surface area contributed by atoms with Crippen LogP contribution in [-0.2, 0) is 4.74 Å². The maximum Gasteiger partial charge on any atom is 0.146 e. The summed E-state index contributed by atoms with van der Waals surface area (Å²) in [6.45, 7) is 4.44. The van der Waals surface area contributed by atoms with Gasteiger partial charge in [0.15, 0.2) is 0 Å². The summed E-state index contributed by atoms with van der Waals surface area (Å²) in [5, 5.41) is 0. The fourth-order valence-corrected chi connectivity index (χ4v) is 2.79. The molecule has 0 spiro atoms. The summed E-state index contributed by atoms with van der Waals surface area (Å²) in [5.74, 6) is 0.423. The van der Waals surface area contributed by atoms with Crippen LogP contribution in [0.25, 0.3) is 0 Å². The smallest absolute Gasteiger partial charge is 0.146 e. The molecule has 4 heteroatoms. The van der Waals surface area contributed by atoms with Crippen LogP contribution in [-0.4, -0.2) is 26.8 Å². The van der Waals surface area contributed by atoms with E-state index in [1.54, 1.807) is 13.2 Å². The largest absolute Gasteiger partial charge is 0.384 e. The number of para-hydroxylation sites is 1. The Morgan fingerprint density at radius 3 is 2.68 bits per heavy atom. The van der Waals surface area contributed by atoms with Crippen molar-refractivity contribution < 1.29 is 9.13 Å². The van der Waals surface area contributed by atoms with Crippen molar-refractivity contribution in [2.45, 2.75) is 25.8 Å². The molecule has 1 aromatic rings. The first-order chi connectivity index (χ1) is 9.13. The van der Waals surface area contributed by atoms with Crippen molar-refractivity contribution in [2.24, 2.45) is 11.7 Å². The topological polar surface area (TPSA) is 38.5 Å². The number of nitrogens with two attached hydrogens (primary N) is 1. The van der Waals surface area contributed by atoms with E-state index in [4.69, 9.17) is 10.5 Å². The molecule has 0 bridgehead atoms. The van der Waals surface area contributed by atoms with Gasteiger partial charge in [0.1, 0.15) is 5.82 Å². The average molecular weight is 266 g/mol. The third kappa shape index (κ3) is 3.25. The number of nitrogens with zero attached hydrogens (tertiary/aromatic N) is 1. The molecule has 0 aromatic heterocycles. The van der Waals surface area contributed by atoms with Gasteiger partial charge in [-0.1, -0.05) is 12.1 Å². The zero-order chi connectivity index (χ0) is 13.8. The zero-order valence-electron chi connectivity index (χ0n) is 11.7. The SMILES string of the molecule is COCC1CCN(c2c(F)cccc2C(C)N)CC1. The van der Waals surface area contributed by atoms with Gasteiger partial charge in [-0.15, -0.1) is 0 Å². The molecule has 19 heavy (non-hydrogen) atoms. The van der Waals surface area contributed by atoms with Gasteiger partial charge >= 0.3 is 0 Å². The molecule has 1 heterocycles. The highest BCUT2D eigenvalue weighted by atomic mass is 19.1. The van der Waals surface area contributed by atoms with Gasteiger partial charge in [0.05, 0.1) is 5.69 Å². The molecule has 3 nitrogen and oxygen atoms in total. The molecule has 0 radical (unpaired) electrons. The Morgan fingerprint density at radius 2 is 2.11 bits per heavy atom. The summed E-state index contributed by atoms with van der Waals surface area (Å²) in [7, 11) is 1.73. The molecule has 1 unspecified atom stereocenters. The first-order valence-electron chi connectivity index (χ1n) is 6.91. The second-order valence-electron chi connectivity index (χ2n) is 5.35. The van der Waals surface area contributed by atoms with Crippen molar-refractivity contribution in [3.05, 3.63) is 29.6 Å². The number of hydrogen-bond donors (Lipinski definition) is 1. The molecule has 1 fully saturated rings. The molecule has 1 saturated heterocycles. The maximum absolute atomic E-state index is 14.1. The number of ether oxygens (including phenoxy) is 1. The summed E-state index contributed by atoms with van der Waals surface area (Å²) < 4.78 is 19.3. The van der Waals surface area contributed by atoms with E-state index in [1.807, 2.05) is 13.0 Å². The lowest BCUT2D eigenvalue weighted by atomic mass is 9.96. The van der Waals surface area contributed by atoms with Crippen LogP contribution < -0.4 is 10.6 Å². The molecule has 2 N–H and O–H groups in total. The minimum Gasteiger partial charge on any atom is -0.384 e. The monoisotopic (exact) mass is 266 g/mol. The lowest BCUT2D eigenvalue weighted by Gasteiger charge is -2.35. The van der Waals surface area contributed by atoms with Gasteiger partial charge in [-0.05, 0) is 37.3 Å². The van der Waals surface area contributed by atoms with Gasteiger partial charge < -0.3 is 15.4 Å². The molecule has 1 aliphatic heterocycles. The second kappa shape index (κ2) is 6.35. The Bertz CT molecular complexity index is 415. The van der Waals surface area contributed by atoms with Gasteiger partial charge in [0.25, 0.3) is 0 Å². The highest BCUT2D eigenvalue weighted by Crippen LogP contribution is 2.31. The third-order valence-corrected chi connectivity index (χ3v) is 3.84. The van der Waals surface area contributed by atoms with Crippen LogP contribution >= 0.6 is 0 Å². The summed E-state index contributed by atoms with van der Waals surface area (Å²) in [6.07, 6.45) is 2.08. The van der Waals surface area contributed by atoms with Crippen LogP contribution in [0.3, 0.4) is 0 Å². The van der Waals surface area contributed by atoms with Gasteiger partial charge in [-0.3, -0.25) is 0 Å². The lowest BCUT2D eigenvalue weighted by molar-refractivity contribution is 0.139.